The minimum Gasteiger partial charge on any atom is -0.433 e. The van der Waals surface area contributed by atoms with Crippen molar-refractivity contribution in [2.45, 2.75) is 13.0 Å². The molecule has 5 rings (SSSR count). The van der Waals surface area contributed by atoms with Crippen molar-refractivity contribution in [1.29, 1.82) is 0 Å². The van der Waals surface area contributed by atoms with Gasteiger partial charge >= 0.3 is 11.6 Å². The highest BCUT2D eigenvalue weighted by Crippen LogP contribution is 2.39. The van der Waals surface area contributed by atoms with E-state index in [9.17, 15) is 10.1 Å². The van der Waals surface area contributed by atoms with Crippen molar-refractivity contribution in [2.24, 2.45) is 5.10 Å². The Hall–Kier alpha value is -4.18. The number of para-hydroxylation sites is 1. The van der Waals surface area contributed by atoms with Gasteiger partial charge in [0.1, 0.15) is 12.1 Å². The summed E-state index contributed by atoms with van der Waals surface area (Å²) in [5.41, 5.74) is 3.57. The first-order chi connectivity index (χ1) is 16.9. The molecule has 0 fully saturated rings. The molecule has 3 heterocycles. The number of hydrogen-bond donors (Lipinski definition) is 1. The first-order valence-electron chi connectivity index (χ1n) is 10.9. The molecule has 4 aromatic rings. The van der Waals surface area contributed by atoms with Gasteiger partial charge < -0.3 is 19.6 Å². The lowest BCUT2D eigenvalue weighted by Gasteiger charge is -2.27. The zero-order chi connectivity index (χ0) is 24.5. The number of halogens is 1. The number of hydrazone groups is 1. The molecule has 0 radical (unpaired) electrons. The zero-order valence-electron chi connectivity index (χ0n) is 19.1. The lowest BCUT2D eigenvalue weighted by molar-refractivity contribution is -0.385. The summed E-state index contributed by atoms with van der Waals surface area (Å²) >= 11 is 6.14. The first-order valence-corrected chi connectivity index (χ1v) is 11.3. The highest BCUT2D eigenvalue weighted by atomic mass is 35.5. The van der Waals surface area contributed by atoms with Crippen LogP contribution in [0.4, 0.5) is 11.5 Å². The number of nitro groups is 1. The second kappa shape index (κ2) is 9.22. The third-order valence-electron chi connectivity index (χ3n) is 5.74. The van der Waals surface area contributed by atoms with Crippen molar-refractivity contribution >= 4 is 40.2 Å². The molecule has 0 saturated heterocycles. The number of anilines is 1. The number of benzene rings is 2. The Balaban J connectivity index is 1.51. The summed E-state index contributed by atoms with van der Waals surface area (Å²) in [4.78, 5) is 25.3. The molecule has 0 unspecified atom stereocenters. The molecule has 0 atom stereocenters. The van der Waals surface area contributed by atoms with Crippen LogP contribution in [0.3, 0.4) is 0 Å². The van der Waals surface area contributed by atoms with Gasteiger partial charge in [-0.05, 0) is 36.2 Å². The Morgan fingerprint density at radius 3 is 2.89 bits per heavy atom. The van der Waals surface area contributed by atoms with E-state index in [0.717, 1.165) is 17.6 Å². The van der Waals surface area contributed by atoms with Gasteiger partial charge in [-0.1, -0.05) is 29.8 Å². The van der Waals surface area contributed by atoms with E-state index in [1.807, 2.05) is 23.1 Å². The monoisotopic (exact) mass is 491 g/mol. The van der Waals surface area contributed by atoms with Crippen LogP contribution in [0.25, 0.3) is 10.9 Å². The number of ether oxygens (including phenoxy) is 1. The molecule has 2 aromatic heterocycles. The fourth-order valence-corrected chi connectivity index (χ4v) is 4.37. The van der Waals surface area contributed by atoms with Crippen molar-refractivity contribution in [2.75, 3.05) is 25.5 Å². The molecule has 0 amide bonds. The molecule has 35 heavy (non-hydrogen) atoms. The molecule has 2 aromatic carbocycles. The Morgan fingerprint density at radius 1 is 1.26 bits per heavy atom. The fraction of sp³-hybridized carbons (Fsp3) is 0.208. The molecule has 0 saturated carbocycles. The van der Waals surface area contributed by atoms with Gasteiger partial charge in [0.05, 0.1) is 17.7 Å². The topological polar surface area (TPSA) is 113 Å². The predicted octanol–water partition coefficient (Wildman–Crippen LogP) is 4.77. The summed E-state index contributed by atoms with van der Waals surface area (Å²) in [7, 11) is 3.56. The maximum absolute atomic E-state index is 12.2. The number of nitrogens with zero attached hydrogens (tertiary/aromatic N) is 6. The second-order valence-electron chi connectivity index (χ2n) is 8.28. The number of rotatable bonds is 6. The van der Waals surface area contributed by atoms with Gasteiger partial charge in [-0.2, -0.15) is 10.1 Å². The molecule has 0 bridgehead atoms. The molecule has 10 nitrogen and oxygen atoms in total. The predicted molar refractivity (Wildman–Crippen MR) is 135 cm³/mol. The quantitative estimate of drug-likeness (QED) is 0.235. The van der Waals surface area contributed by atoms with Crippen LogP contribution in [0, 0.1) is 10.1 Å². The lowest BCUT2D eigenvalue weighted by atomic mass is 10.0. The Kier molecular flexibility index (Phi) is 5.96. The highest BCUT2D eigenvalue weighted by molar-refractivity contribution is 6.30. The van der Waals surface area contributed by atoms with Gasteiger partial charge in [0, 0.05) is 47.8 Å². The lowest BCUT2D eigenvalue weighted by Crippen LogP contribution is -2.31. The maximum atomic E-state index is 12.2. The fourth-order valence-electron chi connectivity index (χ4n) is 4.19. The van der Waals surface area contributed by atoms with Gasteiger partial charge in [0.2, 0.25) is 5.82 Å². The number of hydrogen-bond acceptors (Lipinski definition) is 8. The summed E-state index contributed by atoms with van der Waals surface area (Å²) in [6.07, 6.45) is 3.58. The number of H-pyrrole nitrogens is 1. The highest BCUT2D eigenvalue weighted by Gasteiger charge is 2.31. The van der Waals surface area contributed by atoms with E-state index in [0.29, 0.717) is 29.4 Å². The average Bonchev–Trinajstić information content (AvgIpc) is 3.21. The van der Waals surface area contributed by atoms with Crippen LogP contribution in [0.15, 0.2) is 53.9 Å². The minimum atomic E-state index is -0.505. The van der Waals surface area contributed by atoms with Crippen molar-refractivity contribution in [1.82, 2.24) is 20.0 Å². The van der Waals surface area contributed by atoms with E-state index >= 15 is 0 Å². The number of aromatic nitrogens is 3. The van der Waals surface area contributed by atoms with Crippen LogP contribution < -0.4 is 9.64 Å². The maximum Gasteiger partial charge on any atom is 0.373 e. The van der Waals surface area contributed by atoms with Crippen molar-refractivity contribution in [3.8, 4) is 11.6 Å². The largest absolute Gasteiger partial charge is 0.433 e. The van der Waals surface area contributed by atoms with E-state index in [4.69, 9.17) is 16.3 Å². The number of aromatic amines is 1. The standard InChI is InChI=1S/C24H22ClN7O3/c1-30(2)28-12-15-11-16(25)7-8-21(15)35-24-22(32(33)34)23(26-14-27-24)31-10-9-18-17-5-3-4-6-19(17)29-20(18)13-31/h3-8,11-12,14,29H,9-10,13H2,1-2H3. The van der Waals surface area contributed by atoms with Crippen LogP contribution >= 0.6 is 11.6 Å². The third-order valence-corrected chi connectivity index (χ3v) is 5.98. The van der Waals surface area contributed by atoms with Gasteiger partial charge in [0.25, 0.3) is 0 Å². The Bertz CT molecular complexity index is 1450. The average molecular weight is 492 g/mol. The van der Waals surface area contributed by atoms with Crippen LogP contribution in [0.5, 0.6) is 11.6 Å². The van der Waals surface area contributed by atoms with E-state index in [2.05, 4.69) is 26.1 Å². The smallest absolute Gasteiger partial charge is 0.373 e. The van der Waals surface area contributed by atoms with Crippen molar-refractivity contribution in [3.63, 3.8) is 0 Å². The zero-order valence-corrected chi connectivity index (χ0v) is 19.9. The Labute approximate surface area is 206 Å². The molecule has 11 heteroatoms. The molecule has 1 N–H and O–H groups in total. The summed E-state index contributed by atoms with van der Waals surface area (Å²) in [6.45, 7) is 1.04. The van der Waals surface area contributed by atoms with Crippen LogP contribution in [0.1, 0.15) is 16.8 Å². The first kappa shape index (κ1) is 22.6. The van der Waals surface area contributed by atoms with Gasteiger partial charge in [-0.15, -0.1) is 0 Å². The van der Waals surface area contributed by atoms with Crippen LogP contribution in [-0.2, 0) is 13.0 Å². The second-order valence-corrected chi connectivity index (χ2v) is 8.72. The van der Waals surface area contributed by atoms with E-state index in [1.54, 1.807) is 43.5 Å². The van der Waals surface area contributed by atoms with E-state index in [-0.39, 0.29) is 17.4 Å². The van der Waals surface area contributed by atoms with Crippen molar-refractivity contribution < 1.29 is 9.66 Å². The summed E-state index contributed by atoms with van der Waals surface area (Å²) in [5, 5.41) is 19.7. The van der Waals surface area contributed by atoms with Crippen molar-refractivity contribution in [3.05, 3.63) is 80.7 Å². The molecule has 178 valence electrons. The van der Waals surface area contributed by atoms with E-state index < -0.39 is 4.92 Å². The van der Waals surface area contributed by atoms with E-state index in [1.165, 1.54) is 17.3 Å². The molecular weight excluding hydrogens is 470 g/mol. The molecule has 1 aliphatic rings. The minimum absolute atomic E-state index is 0.149. The summed E-state index contributed by atoms with van der Waals surface area (Å²) in [5.74, 6) is 0.398. The molecule has 1 aliphatic heterocycles. The summed E-state index contributed by atoms with van der Waals surface area (Å²) in [6, 6.07) is 13.0. The van der Waals surface area contributed by atoms with Gasteiger partial charge in [-0.25, -0.2) is 4.98 Å². The van der Waals surface area contributed by atoms with Crippen LogP contribution in [0.2, 0.25) is 5.02 Å². The normalized spacial score (nSPS) is 13.3. The third kappa shape index (κ3) is 4.47. The molecular formula is C24H22ClN7O3. The molecule has 0 spiro atoms. The molecule has 0 aliphatic carbocycles. The van der Waals surface area contributed by atoms with Gasteiger partial charge in [0.15, 0.2) is 0 Å². The number of fused-ring (bicyclic) bond motifs is 3. The number of nitrogens with one attached hydrogen (secondary N) is 1. The van der Waals surface area contributed by atoms with Crippen LogP contribution in [-0.4, -0.2) is 51.7 Å². The Morgan fingerprint density at radius 2 is 2.09 bits per heavy atom. The SMILES string of the molecule is CN(C)N=Cc1cc(Cl)ccc1Oc1ncnc(N2CCc3c([nH]c4ccccc34)C2)c1[N+](=O)[O-]. The van der Waals surface area contributed by atoms with Gasteiger partial charge in [-0.3, -0.25) is 10.1 Å². The summed E-state index contributed by atoms with van der Waals surface area (Å²) < 4.78 is 5.94.